The zero-order valence-corrected chi connectivity index (χ0v) is 28.0. The van der Waals surface area contributed by atoms with E-state index in [0.29, 0.717) is 48.7 Å². The van der Waals surface area contributed by atoms with E-state index in [1.54, 1.807) is 0 Å². The molecule has 2 fully saturated rings. The second kappa shape index (κ2) is 15.5. The van der Waals surface area contributed by atoms with E-state index < -0.39 is 29.3 Å². The summed E-state index contributed by atoms with van der Waals surface area (Å²) < 4.78 is 23.3. The molecule has 0 unspecified atom stereocenters. The van der Waals surface area contributed by atoms with Crippen LogP contribution in [0.3, 0.4) is 0 Å². The number of aliphatic carboxylic acids is 1. The Bertz CT molecular complexity index is 1670. The number of carbonyl (C=O) groups excluding carboxylic acids is 2. The standard InChI is InChI=1S/C38H44N2O8/c1-38(2,3)29(36(42)43)21-33(41)48-32-19-25(32)15-9-6-10-17-28-34(46-23-24-13-7-5-8-14-24)27-16-11-12-18-30(27)40-35(28)47-26-20-31(39-22-26)37(44)45-4/h5,7-8,11-14,16,18,25-26,29,31-32,39H,6,9,15,19-23H2,1-4H3,(H,42,43)/t25-,26-,29-,31+,32-/m1/s1. The highest BCUT2D eigenvalue weighted by atomic mass is 16.6. The van der Waals surface area contributed by atoms with Gasteiger partial charge in [0.2, 0.25) is 5.88 Å². The van der Waals surface area contributed by atoms with E-state index in [4.69, 9.17) is 23.9 Å². The molecule has 2 N–H and O–H groups in total. The molecule has 2 aliphatic rings. The minimum atomic E-state index is -0.987. The number of rotatable bonds is 13. The van der Waals surface area contributed by atoms with Crippen molar-refractivity contribution < 1.29 is 38.4 Å². The van der Waals surface area contributed by atoms with E-state index >= 15 is 0 Å². The summed E-state index contributed by atoms with van der Waals surface area (Å²) in [6.07, 6.45) is 2.84. The third-order valence-corrected chi connectivity index (χ3v) is 8.84. The Labute approximate surface area is 281 Å². The Morgan fingerprint density at radius 1 is 1.06 bits per heavy atom. The number of para-hydroxylation sites is 1. The number of ether oxygens (including phenoxy) is 4. The Balaban J connectivity index is 1.27. The number of nitrogens with one attached hydrogen (secondary N) is 1. The van der Waals surface area contributed by atoms with Gasteiger partial charge in [-0.05, 0) is 48.3 Å². The molecule has 0 bridgehead atoms. The van der Waals surface area contributed by atoms with Crippen molar-refractivity contribution in [3.05, 3.63) is 65.7 Å². The molecule has 2 heterocycles. The summed E-state index contributed by atoms with van der Waals surface area (Å²) in [7, 11) is 1.37. The van der Waals surface area contributed by atoms with Crippen LogP contribution >= 0.6 is 0 Å². The first kappa shape index (κ1) is 34.7. The van der Waals surface area contributed by atoms with E-state index in [0.717, 1.165) is 30.2 Å². The molecule has 254 valence electrons. The highest BCUT2D eigenvalue weighted by molar-refractivity contribution is 5.89. The van der Waals surface area contributed by atoms with Gasteiger partial charge in [-0.15, -0.1) is 0 Å². The van der Waals surface area contributed by atoms with Gasteiger partial charge in [-0.25, -0.2) is 4.98 Å². The lowest BCUT2D eigenvalue weighted by Crippen LogP contribution is -2.31. The minimum Gasteiger partial charge on any atom is -0.487 e. The smallest absolute Gasteiger partial charge is 0.323 e. The fourth-order valence-electron chi connectivity index (χ4n) is 5.93. The van der Waals surface area contributed by atoms with Crippen LogP contribution in [0.2, 0.25) is 0 Å². The molecule has 1 saturated carbocycles. The molecule has 3 aromatic rings. The van der Waals surface area contributed by atoms with Crippen molar-refractivity contribution in [3.63, 3.8) is 0 Å². The zero-order valence-electron chi connectivity index (χ0n) is 28.0. The van der Waals surface area contributed by atoms with Crippen molar-refractivity contribution in [2.24, 2.45) is 17.3 Å². The van der Waals surface area contributed by atoms with Crippen LogP contribution in [-0.4, -0.2) is 59.9 Å². The topological polar surface area (TPSA) is 133 Å². The van der Waals surface area contributed by atoms with E-state index in [1.807, 2.05) is 75.4 Å². The lowest BCUT2D eigenvalue weighted by atomic mass is 9.79. The molecule has 2 aromatic carbocycles. The predicted molar refractivity (Wildman–Crippen MR) is 179 cm³/mol. The molecule has 10 heteroatoms. The van der Waals surface area contributed by atoms with Gasteiger partial charge >= 0.3 is 17.9 Å². The molecule has 1 aliphatic heterocycles. The minimum absolute atomic E-state index is 0.132. The summed E-state index contributed by atoms with van der Waals surface area (Å²) in [5.74, 6) is 5.20. The normalized spacial score (nSPS) is 20.7. The molecule has 0 amide bonds. The van der Waals surface area contributed by atoms with Crippen LogP contribution in [0.15, 0.2) is 54.6 Å². The number of carbonyl (C=O) groups is 3. The lowest BCUT2D eigenvalue weighted by Gasteiger charge is -2.26. The molecule has 48 heavy (non-hydrogen) atoms. The number of hydrogen-bond acceptors (Lipinski definition) is 9. The summed E-state index contributed by atoms with van der Waals surface area (Å²) in [5.41, 5.74) is 1.74. The number of carboxylic acids is 1. The first-order chi connectivity index (χ1) is 23.0. The largest absolute Gasteiger partial charge is 0.487 e. The Morgan fingerprint density at radius 3 is 2.54 bits per heavy atom. The Morgan fingerprint density at radius 2 is 1.81 bits per heavy atom. The number of hydrogen-bond donors (Lipinski definition) is 2. The van der Waals surface area contributed by atoms with Crippen LogP contribution in [0, 0.1) is 29.1 Å². The van der Waals surface area contributed by atoms with Crippen molar-refractivity contribution in [2.45, 2.75) is 84.2 Å². The SMILES string of the molecule is COC(=O)[C@@H]1C[C@@H](Oc2nc3ccccc3c(OCc3ccccc3)c2C#CCCC[C@@H]2C[C@H]2OC(=O)C[C@H](C(=O)O)C(C)(C)C)CN1. The van der Waals surface area contributed by atoms with E-state index in [9.17, 15) is 19.5 Å². The predicted octanol–water partition coefficient (Wildman–Crippen LogP) is 5.69. The molecule has 0 spiro atoms. The quantitative estimate of drug-likeness (QED) is 0.134. The molecular formula is C38H44N2O8. The van der Waals surface area contributed by atoms with Crippen LogP contribution in [0.25, 0.3) is 10.9 Å². The van der Waals surface area contributed by atoms with Gasteiger partial charge in [0.25, 0.3) is 0 Å². The van der Waals surface area contributed by atoms with Crippen molar-refractivity contribution in [3.8, 4) is 23.5 Å². The average Bonchev–Trinajstić information content (AvgIpc) is 3.62. The van der Waals surface area contributed by atoms with Gasteiger partial charge in [-0.3, -0.25) is 14.4 Å². The van der Waals surface area contributed by atoms with Crippen molar-refractivity contribution in [2.75, 3.05) is 13.7 Å². The maximum absolute atomic E-state index is 12.5. The van der Waals surface area contributed by atoms with Gasteiger partial charge in [-0.1, -0.05) is 75.1 Å². The lowest BCUT2D eigenvalue weighted by molar-refractivity contribution is -0.156. The van der Waals surface area contributed by atoms with Gasteiger partial charge in [-0.2, -0.15) is 0 Å². The number of pyridine rings is 1. The fourth-order valence-corrected chi connectivity index (χ4v) is 5.93. The summed E-state index contributed by atoms with van der Waals surface area (Å²) in [6, 6.07) is 17.1. The highest BCUT2D eigenvalue weighted by Crippen LogP contribution is 2.39. The number of fused-ring (bicyclic) bond motifs is 1. The number of methoxy groups -OCH3 is 1. The van der Waals surface area contributed by atoms with Gasteiger partial charge in [0, 0.05) is 24.8 Å². The van der Waals surface area contributed by atoms with Gasteiger partial charge < -0.3 is 29.4 Å². The number of benzene rings is 2. The maximum atomic E-state index is 12.5. The van der Waals surface area contributed by atoms with Crippen molar-refractivity contribution >= 4 is 28.8 Å². The van der Waals surface area contributed by atoms with E-state index in [-0.39, 0.29) is 30.5 Å². The van der Waals surface area contributed by atoms with Gasteiger partial charge in [0.1, 0.15) is 36.2 Å². The number of carboxylic acid groups (broad SMARTS) is 1. The molecule has 5 rings (SSSR count). The Hall–Kier alpha value is -4.62. The second-order valence-electron chi connectivity index (χ2n) is 13.6. The monoisotopic (exact) mass is 656 g/mol. The zero-order chi connectivity index (χ0) is 34.3. The molecule has 1 aliphatic carbocycles. The van der Waals surface area contributed by atoms with Crippen LogP contribution in [0.4, 0.5) is 0 Å². The molecule has 1 aromatic heterocycles. The molecule has 5 atom stereocenters. The van der Waals surface area contributed by atoms with Gasteiger partial charge in [0.15, 0.2) is 0 Å². The fraction of sp³-hybridized carbons (Fsp3) is 0.474. The second-order valence-corrected chi connectivity index (χ2v) is 13.6. The molecule has 0 radical (unpaired) electrons. The van der Waals surface area contributed by atoms with Crippen LogP contribution in [0.1, 0.15) is 70.4 Å². The van der Waals surface area contributed by atoms with E-state index in [2.05, 4.69) is 17.2 Å². The number of aromatic nitrogens is 1. The maximum Gasteiger partial charge on any atom is 0.323 e. The molecular weight excluding hydrogens is 612 g/mol. The number of unbranched alkanes of at least 4 members (excludes halogenated alkanes) is 1. The first-order valence-corrected chi connectivity index (χ1v) is 16.5. The third-order valence-electron chi connectivity index (χ3n) is 8.84. The van der Waals surface area contributed by atoms with Crippen LogP contribution in [0.5, 0.6) is 11.6 Å². The molecule has 10 nitrogen and oxygen atoms in total. The number of nitrogens with zero attached hydrogens (tertiary/aromatic N) is 1. The Kier molecular flexibility index (Phi) is 11.2. The van der Waals surface area contributed by atoms with E-state index in [1.165, 1.54) is 7.11 Å². The number of esters is 2. The van der Waals surface area contributed by atoms with Gasteiger partial charge in [0.05, 0.1) is 25.0 Å². The summed E-state index contributed by atoms with van der Waals surface area (Å²) in [4.78, 5) is 41.0. The molecule has 1 saturated heterocycles. The van der Waals surface area contributed by atoms with Crippen molar-refractivity contribution in [1.29, 1.82) is 0 Å². The summed E-state index contributed by atoms with van der Waals surface area (Å²) in [6.45, 7) is 6.24. The highest BCUT2D eigenvalue weighted by Gasteiger charge is 2.41. The summed E-state index contributed by atoms with van der Waals surface area (Å²) >= 11 is 0. The third kappa shape index (κ3) is 9.04. The van der Waals surface area contributed by atoms with Crippen LogP contribution < -0.4 is 14.8 Å². The van der Waals surface area contributed by atoms with Crippen molar-refractivity contribution in [1.82, 2.24) is 10.3 Å². The average molecular weight is 657 g/mol. The first-order valence-electron chi connectivity index (χ1n) is 16.5. The van der Waals surface area contributed by atoms with Crippen LogP contribution in [-0.2, 0) is 30.5 Å². The summed E-state index contributed by atoms with van der Waals surface area (Å²) in [5, 5.41) is 13.5.